The van der Waals surface area contributed by atoms with Gasteiger partial charge in [-0.05, 0) is 25.0 Å². The maximum absolute atomic E-state index is 5.61. The Labute approximate surface area is 105 Å². The summed E-state index contributed by atoms with van der Waals surface area (Å²) in [5.74, 6) is 0.625. The molecule has 5 nitrogen and oxygen atoms in total. The van der Waals surface area contributed by atoms with E-state index in [2.05, 4.69) is 32.9 Å². The van der Waals surface area contributed by atoms with E-state index < -0.39 is 0 Å². The van der Waals surface area contributed by atoms with Crippen molar-refractivity contribution in [2.24, 2.45) is 5.10 Å². The number of aromatic nitrogens is 2. The van der Waals surface area contributed by atoms with Gasteiger partial charge in [0.05, 0.1) is 12.2 Å². The van der Waals surface area contributed by atoms with Crippen LogP contribution in [0.25, 0.3) is 5.65 Å². The van der Waals surface area contributed by atoms with Crippen molar-refractivity contribution in [1.29, 1.82) is 0 Å². The highest BCUT2D eigenvalue weighted by atomic mass is 16.5. The Hall–Kier alpha value is -2.04. The summed E-state index contributed by atoms with van der Waals surface area (Å²) in [6.07, 6.45) is 2.97. The van der Waals surface area contributed by atoms with Gasteiger partial charge >= 0.3 is 0 Å². The van der Waals surface area contributed by atoms with Crippen LogP contribution in [0, 0.1) is 6.92 Å². The first-order chi connectivity index (χ1) is 8.81. The van der Waals surface area contributed by atoms with Gasteiger partial charge in [0.25, 0.3) is 5.90 Å². The Morgan fingerprint density at radius 1 is 1.50 bits per heavy atom. The van der Waals surface area contributed by atoms with Crippen LogP contribution >= 0.6 is 0 Å². The third-order valence-electron chi connectivity index (χ3n) is 3.12. The Kier molecular flexibility index (Phi) is 2.66. The van der Waals surface area contributed by atoms with Gasteiger partial charge in [-0.3, -0.25) is 4.40 Å². The zero-order chi connectivity index (χ0) is 12.5. The molecule has 0 saturated heterocycles. The fraction of sp³-hybridized carbons (Fsp3) is 0.385. The van der Waals surface area contributed by atoms with Crippen molar-refractivity contribution in [3.8, 4) is 0 Å². The van der Waals surface area contributed by atoms with Crippen LogP contribution in [0.3, 0.4) is 0 Å². The smallest absolute Gasteiger partial charge is 0.257 e. The van der Waals surface area contributed by atoms with Crippen LogP contribution < -0.4 is 5.43 Å². The Bertz CT molecular complexity index is 615. The summed E-state index contributed by atoms with van der Waals surface area (Å²) in [6.45, 7) is 5.51. The molecule has 94 valence electrons. The number of aryl methyl sites for hydroxylation is 2. The lowest BCUT2D eigenvalue weighted by molar-refractivity contribution is 0.278. The van der Waals surface area contributed by atoms with E-state index in [1.54, 1.807) is 0 Å². The highest BCUT2D eigenvalue weighted by molar-refractivity contribution is 5.94. The van der Waals surface area contributed by atoms with Crippen molar-refractivity contribution in [3.05, 3.63) is 35.3 Å². The predicted octanol–water partition coefficient (Wildman–Crippen LogP) is 1.49. The number of pyridine rings is 1. The molecule has 0 bridgehead atoms. The average molecular weight is 244 g/mol. The van der Waals surface area contributed by atoms with Gasteiger partial charge in [-0.25, -0.2) is 4.98 Å². The molecule has 0 amide bonds. The first-order valence-corrected chi connectivity index (χ1v) is 6.21. The number of ether oxygens (including phenoxy) is 1. The molecule has 0 aliphatic carbocycles. The van der Waals surface area contributed by atoms with Gasteiger partial charge in [-0.1, -0.05) is 13.0 Å². The van der Waals surface area contributed by atoms with E-state index in [0.717, 1.165) is 30.0 Å². The van der Waals surface area contributed by atoms with Crippen LogP contribution in [-0.2, 0) is 11.2 Å². The van der Waals surface area contributed by atoms with Gasteiger partial charge < -0.3 is 10.2 Å². The van der Waals surface area contributed by atoms with Crippen LogP contribution in [-0.4, -0.2) is 28.4 Å². The fourth-order valence-electron chi connectivity index (χ4n) is 2.25. The molecule has 3 heterocycles. The molecule has 0 unspecified atom stereocenters. The number of imidazole rings is 1. The van der Waals surface area contributed by atoms with Gasteiger partial charge in [-0.15, -0.1) is 5.10 Å². The molecule has 0 fully saturated rings. The number of nitrogens with one attached hydrogen (secondary N) is 1. The molecule has 0 atom stereocenters. The molecule has 18 heavy (non-hydrogen) atoms. The molecule has 3 rings (SSSR count). The highest BCUT2D eigenvalue weighted by Gasteiger charge is 2.19. The quantitative estimate of drug-likeness (QED) is 0.870. The topological polar surface area (TPSA) is 50.9 Å². The molecule has 0 saturated carbocycles. The second-order valence-electron chi connectivity index (χ2n) is 4.30. The molecular weight excluding hydrogens is 228 g/mol. The average Bonchev–Trinajstić information content (AvgIpc) is 2.75. The van der Waals surface area contributed by atoms with Crippen molar-refractivity contribution >= 4 is 11.5 Å². The summed E-state index contributed by atoms with van der Waals surface area (Å²) in [5, 5.41) is 4.22. The lowest BCUT2D eigenvalue weighted by atomic mass is 10.2. The van der Waals surface area contributed by atoms with Crippen molar-refractivity contribution in [2.75, 3.05) is 13.2 Å². The number of hydrazone groups is 1. The predicted molar refractivity (Wildman–Crippen MR) is 69.8 cm³/mol. The number of hydrogen-bond donors (Lipinski definition) is 1. The summed E-state index contributed by atoms with van der Waals surface area (Å²) in [6, 6.07) is 4.14. The Morgan fingerprint density at radius 2 is 2.39 bits per heavy atom. The van der Waals surface area contributed by atoms with Crippen molar-refractivity contribution in [2.45, 2.75) is 20.3 Å². The molecule has 1 aliphatic heterocycles. The van der Waals surface area contributed by atoms with Crippen LogP contribution in [0.5, 0.6) is 0 Å². The maximum Gasteiger partial charge on any atom is 0.257 e. The Balaban J connectivity index is 2.23. The minimum atomic E-state index is 0.625. The van der Waals surface area contributed by atoms with Crippen LogP contribution in [0.1, 0.15) is 23.9 Å². The van der Waals surface area contributed by atoms with Gasteiger partial charge in [0, 0.05) is 6.20 Å². The maximum atomic E-state index is 5.61. The van der Waals surface area contributed by atoms with E-state index in [-0.39, 0.29) is 0 Å². The monoisotopic (exact) mass is 244 g/mol. The summed E-state index contributed by atoms with van der Waals surface area (Å²) in [5.41, 5.74) is 7.07. The second-order valence-corrected chi connectivity index (χ2v) is 4.30. The van der Waals surface area contributed by atoms with Crippen LogP contribution in [0.4, 0.5) is 0 Å². The van der Waals surface area contributed by atoms with Crippen LogP contribution in [0.15, 0.2) is 23.4 Å². The number of fused-ring (bicyclic) bond motifs is 1. The van der Waals surface area contributed by atoms with Crippen LogP contribution in [0.2, 0.25) is 0 Å². The summed E-state index contributed by atoms with van der Waals surface area (Å²) in [7, 11) is 0. The first-order valence-electron chi connectivity index (χ1n) is 6.21. The zero-order valence-corrected chi connectivity index (χ0v) is 10.6. The molecule has 2 aromatic heterocycles. The largest absolute Gasteiger partial charge is 0.473 e. The number of rotatable bonds is 2. The van der Waals surface area contributed by atoms with E-state index in [0.29, 0.717) is 12.5 Å². The Morgan fingerprint density at radius 3 is 3.11 bits per heavy atom. The summed E-state index contributed by atoms with van der Waals surface area (Å²) < 4.78 is 7.67. The minimum Gasteiger partial charge on any atom is -0.473 e. The van der Waals surface area contributed by atoms with E-state index in [9.17, 15) is 0 Å². The number of hydrogen-bond acceptors (Lipinski definition) is 4. The third kappa shape index (κ3) is 1.63. The molecule has 1 N–H and O–H groups in total. The molecule has 1 aliphatic rings. The van der Waals surface area contributed by atoms with E-state index in [1.165, 1.54) is 5.56 Å². The van der Waals surface area contributed by atoms with E-state index >= 15 is 0 Å². The SMILES string of the molecule is CCc1cccn2c(C3=NNCCO3)c(C)nc12. The van der Waals surface area contributed by atoms with Gasteiger partial charge in [-0.2, -0.15) is 0 Å². The summed E-state index contributed by atoms with van der Waals surface area (Å²) >= 11 is 0. The zero-order valence-electron chi connectivity index (χ0n) is 10.6. The van der Waals surface area contributed by atoms with E-state index in [1.807, 2.05) is 19.2 Å². The first kappa shape index (κ1) is 11.1. The minimum absolute atomic E-state index is 0.625. The number of nitrogens with zero attached hydrogens (tertiary/aromatic N) is 3. The standard InChI is InChI=1S/C13H16N4O/c1-3-10-5-4-7-17-11(9(2)15-12(10)17)13-16-14-6-8-18-13/h4-5,7,14H,3,6,8H2,1-2H3. The second kappa shape index (κ2) is 4.33. The fourth-order valence-corrected chi connectivity index (χ4v) is 2.25. The van der Waals surface area contributed by atoms with Crippen molar-refractivity contribution in [3.63, 3.8) is 0 Å². The lowest BCUT2D eigenvalue weighted by Gasteiger charge is -2.14. The molecule has 0 aromatic carbocycles. The van der Waals surface area contributed by atoms with Crippen molar-refractivity contribution < 1.29 is 4.74 Å². The van der Waals surface area contributed by atoms with Crippen molar-refractivity contribution in [1.82, 2.24) is 14.8 Å². The normalized spacial score (nSPS) is 15.1. The molecule has 0 spiro atoms. The molecular formula is C13H16N4O. The molecule has 0 radical (unpaired) electrons. The van der Waals surface area contributed by atoms with Gasteiger partial charge in [0.2, 0.25) is 0 Å². The highest BCUT2D eigenvalue weighted by Crippen LogP contribution is 2.18. The molecule has 5 heteroatoms. The lowest BCUT2D eigenvalue weighted by Crippen LogP contribution is -2.27. The summed E-state index contributed by atoms with van der Waals surface area (Å²) in [4.78, 5) is 4.63. The third-order valence-corrected chi connectivity index (χ3v) is 3.12. The van der Waals surface area contributed by atoms with Gasteiger partial charge in [0.15, 0.2) is 0 Å². The molecule has 2 aromatic rings. The van der Waals surface area contributed by atoms with Gasteiger partial charge in [0.1, 0.15) is 17.9 Å². The van der Waals surface area contributed by atoms with E-state index in [4.69, 9.17) is 4.74 Å².